The lowest BCUT2D eigenvalue weighted by molar-refractivity contribution is -0.116. The van der Waals surface area contributed by atoms with Crippen molar-refractivity contribution in [2.75, 3.05) is 32.1 Å². The van der Waals surface area contributed by atoms with Crippen LogP contribution in [-0.2, 0) is 4.79 Å². The highest BCUT2D eigenvalue weighted by molar-refractivity contribution is 6.00. The number of hydrogen-bond donors (Lipinski definition) is 1. The Bertz CT molecular complexity index is 1050. The zero-order chi connectivity index (χ0) is 21.5. The monoisotopic (exact) mass is 408 g/mol. The van der Waals surface area contributed by atoms with Crippen molar-refractivity contribution in [1.29, 1.82) is 0 Å². The lowest BCUT2D eigenvalue weighted by Gasteiger charge is -2.18. The first-order valence-electron chi connectivity index (χ1n) is 9.67. The number of carbonyl (C=O) groups excluding carboxylic acids is 2. The maximum absolute atomic E-state index is 12.7. The molecule has 1 heterocycles. The SMILES string of the molecule is CCOc1ccc(NC(=O)CN(C)C(=O)c2ccc3nccnc3c2)cc1OCC. The number of rotatable bonds is 8. The lowest BCUT2D eigenvalue weighted by atomic mass is 10.1. The average Bonchev–Trinajstić information content (AvgIpc) is 2.75. The summed E-state index contributed by atoms with van der Waals surface area (Å²) in [6.07, 6.45) is 3.17. The van der Waals surface area contributed by atoms with Gasteiger partial charge in [0, 0.05) is 36.8 Å². The second kappa shape index (κ2) is 9.69. The summed E-state index contributed by atoms with van der Waals surface area (Å²) in [5.41, 5.74) is 2.33. The van der Waals surface area contributed by atoms with Gasteiger partial charge in [-0.05, 0) is 44.2 Å². The molecule has 3 aromatic rings. The summed E-state index contributed by atoms with van der Waals surface area (Å²) in [6, 6.07) is 10.3. The molecule has 3 rings (SSSR count). The molecular weight excluding hydrogens is 384 g/mol. The molecule has 0 aliphatic heterocycles. The third kappa shape index (κ3) is 5.02. The van der Waals surface area contributed by atoms with E-state index in [1.807, 2.05) is 13.8 Å². The first-order chi connectivity index (χ1) is 14.5. The summed E-state index contributed by atoms with van der Waals surface area (Å²) in [5.74, 6) is 0.570. The number of carbonyl (C=O) groups is 2. The Labute approximate surface area is 174 Å². The molecule has 0 aliphatic carbocycles. The molecule has 0 atom stereocenters. The van der Waals surface area contributed by atoms with Gasteiger partial charge in [0.2, 0.25) is 5.91 Å². The van der Waals surface area contributed by atoms with Crippen molar-refractivity contribution in [1.82, 2.24) is 14.9 Å². The Morgan fingerprint density at radius 3 is 2.37 bits per heavy atom. The van der Waals surface area contributed by atoms with Gasteiger partial charge in [0.25, 0.3) is 5.91 Å². The molecule has 1 aromatic heterocycles. The van der Waals surface area contributed by atoms with E-state index in [2.05, 4.69) is 15.3 Å². The van der Waals surface area contributed by atoms with Gasteiger partial charge in [0.15, 0.2) is 11.5 Å². The molecule has 1 N–H and O–H groups in total. The number of hydrogen-bond acceptors (Lipinski definition) is 6. The molecule has 8 nitrogen and oxygen atoms in total. The molecule has 0 bridgehead atoms. The lowest BCUT2D eigenvalue weighted by Crippen LogP contribution is -2.34. The van der Waals surface area contributed by atoms with Crippen molar-refractivity contribution < 1.29 is 19.1 Å². The molecule has 8 heteroatoms. The van der Waals surface area contributed by atoms with Crippen LogP contribution in [0.25, 0.3) is 11.0 Å². The third-order valence-electron chi connectivity index (χ3n) is 4.27. The maximum Gasteiger partial charge on any atom is 0.254 e. The number of benzene rings is 2. The van der Waals surface area contributed by atoms with Crippen LogP contribution in [0.2, 0.25) is 0 Å². The summed E-state index contributed by atoms with van der Waals surface area (Å²) in [6.45, 7) is 4.65. The Morgan fingerprint density at radius 2 is 1.63 bits per heavy atom. The van der Waals surface area contributed by atoms with Gasteiger partial charge in [-0.25, -0.2) is 0 Å². The van der Waals surface area contributed by atoms with Gasteiger partial charge in [-0.2, -0.15) is 0 Å². The number of nitrogens with zero attached hydrogens (tertiary/aromatic N) is 3. The Balaban J connectivity index is 1.66. The number of amides is 2. The molecule has 156 valence electrons. The number of ether oxygens (including phenoxy) is 2. The largest absolute Gasteiger partial charge is 0.490 e. The van der Waals surface area contributed by atoms with Gasteiger partial charge in [-0.3, -0.25) is 19.6 Å². The second-order valence-corrected chi connectivity index (χ2v) is 6.50. The molecule has 0 radical (unpaired) electrons. The fourth-order valence-electron chi connectivity index (χ4n) is 2.93. The first-order valence-corrected chi connectivity index (χ1v) is 9.67. The summed E-state index contributed by atoms with van der Waals surface area (Å²) in [5, 5.41) is 2.79. The van der Waals surface area contributed by atoms with E-state index in [9.17, 15) is 9.59 Å². The Morgan fingerprint density at radius 1 is 0.933 bits per heavy atom. The van der Waals surface area contributed by atoms with Gasteiger partial charge < -0.3 is 19.7 Å². The van der Waals surface area contributed by atoms with Gasteiger partial charge in [0.1, 0.15) is 0 Å². The van der Waals surface area contributed by atoms with E-state index < -0.39 is 0 Å². The minimum Gasteiger partial charge on any atom is -0.490 e. The van der Waals surface area contributed by atoms with Gasteiger partial charge in [-0.1, -0.05) is 0 Å². The molecule has 2 amide bonds. The number of aromatic nitrogens is 2. The van der Waals surface area contributed by atoms with Crippen LogP contribution in [0.1, 0.15) is 24.2 Å². The van der Waals surface area contributed by atoms with Crippen molar-refractivity contribution in [2.24, 2.45) is 0 Å². The maximum atomic E-state index is 12.7. The summed E-state index contributed by atoms with van der Waals surface area (Å²) in [7, 11) is 1.58. The number of anilines is 1. The summed E-state index contributed by atoms with van der Waals surface area (Å²) >= 11 is 0. The predicted molar refractivity (Wildman–Crippen MR) is 114 cm³/mol. The van der Waals surface area contributed by atoms with Gasteiger partial charge in [0.05, 0.1) is 30.8 Å². The van der Waals surface area contributed by atoms with Crippen molar-refractivity contribution in [3.05, 3.63) is 54.4 Å². The van der Waals surface area contributed by atoms with E-state index in [-0.39, 0.29) is 18.4 Å². The van der Waals surface area contributed by atoms with Crippen molar-refractivity contribution in [2.45, 2.75) is 13.8 Å². The smallest absolute Gasteiger partial charge is 0.254 e. The number of likely N-dealkylation sites (N-methyl/N-ethyl adjacent to an activating group) is 1. The summed E-state index contributed by atoms with van der Waals surface area (Å²) < 4.78 is 11.1. The molecular formula is C22H24N4O4. The quantitative estimate of drug-likeness (QED) is 0.615. The molecule has 0 fully saturated rings. The fraction of sp³-hybridized carbons (Fsp3) is 0.273. The predicted octanol–water partition coefficient (Wildman–Crippen LogP) is 3.14. The molecule has 0 spiro atoms. The fourth-order valence-corrected chi connectivity index (χ4v) is 2.93. The standard InChI is InChI=1S/C22H24N4O4/c1-4-29-19-9-7-16(13-20(19)30-5-2)25-21(27)14-26(3)22(28)15-6-8-17-18(12-15)24-11-10-23-17/h6-13H,4-5,14H2,1-3H3,(H,25,27). The van der Waals surface area contributed by atoms with E-state index in [1.165, 1.54) is 4.90 Å². The van der Waals surface area contributed by atoms with E-state index in [4.69, 9.17) is 9.47 Å². The minimum absolute atomic E-state index is 0.103. The second-order valence-electron chi connectivity index (χ2n) is 6.50. The highest BCUT2D eigenvalue weighted by Gasteiger charge is 2.16. The molecule has 30 heavy (non-hydrogen) atoms. The average molecular weight is 408 g/mol. The number of fused-ring (bicyclic) bond motifs is 1. The van der Waals surface area contributed by atoms with Gasteiger partial charge in [-0.15, -0.1) is 0 Å². The van der Waals surface area contributed by atoms with Crippen molar-refractivity contribution in [3.8, 4) is 11.5 Å². The summed E-state index contributed by atoms with van der Waals surface area (Å²) in [4.78, 5) is 34.9. The van der Waals surface area contributed by atoms with Crippen molar-refractivity contribution in [3.63, 3.8) is 0 Å². The van der Waals surface area contributed by atoms with Crippen LogP contribution in [0.3, 0.4) is 0 Å². The van der Waals surface area contributed by atoms with Crippen molar-refractivity contribution >= 4 is 28.5 Å². The molecule has 0 saturated carbocycles. The number of nitrogens with one attached hydrogen (secondary N) is 1. The third-order valence-corrected chi connectivity index (χ3v) is 4.27. The van der Waals surface area contributed by atoms with Crippen LogP contribution in [0.4, 0.5) is 5.69 Å². The zero-order valence-electron chi connectivity index (χ0n) is 17.2. The first kappa shape index (κ1) is 21.0. The molecule has 0 saturated heterocycles. The van der Waals surface area contributed by atoms with Gasteiger partial charge >= 0.3 is 0 Å². The van der Waals surface area contributed by atoms with Crippen LogP contribution in [0, 0.1) is 0 Å². The minimum atomic E-state index is -0.321. The Hall–Kier alpha value is -3.68. The zero-order valence-corrected chi connectivity index (χ0v) is 17.2. The van der Waals surface area contributed by atoms with Crippen LogP contribution in [-0.4, -0.2) is 53.5 Å². The molecule has 2 aromatic carbocycles. The van der Waals surface area contributed by atoms with Crippen LogP contribution in [0.15, 0.2) is 48.8 Å². The van der Waals surface area contributed by atoms with Crippen LogP contribution in [0.5, 0.6) is 11.5 Å². The molecule has 0 unspecified atom stereocenters. The topological polar surface area (TPSA) is 93.7 Å². The van der Waals surface area contributed by atoms with E-state index in [1.54, 1.807) is 55.8 Å². The highest BCUT2D eigenvalue weighted by Crippen LogP contribution is 2.30. The van der Waals surface area contributed by atoms with E-state index in [0.29, 0.717) is 47.0 Å². The van der Waals surface area contributed by atoms with Crippen LogP contribution < -0.4 is 14.8 Å². The van der Waals surface area contributed by atoms with E-state index >= 15 is 0 Å². The highest BCUT2D eigenvalue weighted by atomic mass is 16.5. The van der Waals surface area contributed by atoms with Crippen LogP contribution >= 0.6 is 0 Å². The Kier molecular flexibility index (Phi) is 6.79. The molecule has 0 aliphatic rings. The van der Waals surface area contributed by atoms with E-state index in [0.717, 1.165) is 0 Å². The normalized spacial score (nSPS) is 10.5.